The number of amides is 2. The van der Waals surface area contributed by atoms with E-state index < -0.39 is 16.7 Å². The summed E-state index contributed by atoms with van der Waals surface area (Å²) in [5.74, 6) is -1.09. The summed E-state index contributed by atoms with van der Waals surface area (Å²) in [6, 6.07) is 21.9. The van der Waals surface area contributed by atoms with E-state index in [0.717, 1.165) is 5.69 Å². The lowest BCUT2D eigenvalue weighted by Crippen LogP contribution is -2.33. The van der Waals surface area contributed by atoms with Gasteiger partial charge in [-0.25, -0.2) is 5.43 Å². The van der Waals surface area contributed by atoms with Gasteiger partial charge in [0.15, 0.2) is 0 Å². The molecule has 0 radical (unpaired) electrons. The number of nitrogens with one attached hydrogen (secondary N) is 2. The average Bonchev–Trinajstić information content (AvgIpc) is 2.87. The number of hydrogen-bond acceptors (Lipinski definition) is 6. The molecule has 3 rings (SSSR count). The number of non-ortho nitro benzene ring substituents is 1. The van der Waals surface area contributed by atoms with Crippen LogP contribution in [-0.2, 0) is 4.79 Å². The summed E-state index contributed by atoms with van der Waals surface area (Å²) in [5.41, 5.74) is 5.27. The molecule has 35 heavy (non-hydrogen) atoms. The predicted molar refractivity (Wildman–Crippen MR) is 136 cm³/mol. The van der Waals surface area contributed by atoms with Crippen LogP contribution in [0.2, 0.25) is 0 Å². The minimum Gasteiger partial charge on any atom is -0.378 e. The van der Waals surface area contributed by atoms with Gasteiger partial charge in [0, 0.05) is 43.0 Å². The van der Waals surface area contributed by atoms with Crippen molar-refractivity contribution < 1.29 is 14.5 Å². The molecular formula is C26H25N5O4. The molecule has 0 saturated heterocycles. The maximum atomic E-state index is 13.0. The second-order valence-corrected chi connectivity index (χ2v) is 7.81. The lowest BCUT2D eigenvalue weighted by atomic mass is 10.1. The first kappa shape index (κ1) is 24.8. The molecule has 0 saturated carbocycles. The Labute approximate surface area is 202 Å². The van der Waals surface area contributed by atoms with E-state index in [9.17, 15) is 19.7 Å². The number of anilines is 1. The van der Waals surface area contributed by atoms with Crippen molar-refractivity contribution in [2.75, 3.05) is 19.0 Å². The van der Waals surface area contributed by atoms with E-state index >= 15 is 0 Å². The molecule has 0 atom stereocenters. The van der Waals surface area contributed by atoms with Crippen molar-refractivity contribution in [3.05, 3.63) is 111 Å². The van der Waals surface area contributed by atoms with Crippen LogP contribution in [0.25, 0.3) is 6.08 Å². The molecule has 2 N–H and O–H groups in total. The summed E-state index contributed by atoms with van der Waals surface area (Å²) < 4.78 is 0. The smallest absolute Gasteiger partial charge is 0.287 e. The van der Waals surface area contributed by atoms with Crippen LogP contribution in [0, 0.1) is 10.1 Å². The van der Waals surface area contributed by atoms with Crippen molar-refractivity contribution in [3.63, 3.8) is 0 Å². The highest BCUT2D eigenvalue weighted by atomic mass is 16.6. The van der Waals surface area contributed by atoms with E-state index in [1.807, 2.05) is 43.3 Å². The molecule has 0 bridgehead atoms. The van der Waals surface area contributed by atoms with Crippen LogP contribution < -0.4 is 15.6 Å². The fourth-order valence-corrected chi connectivity index (χ4v) is 3.08. The Kier molecular flexibility index (Phi) is 8.07. The van der Waals surface area contributed by atoms with E-state index in [1.54, 1.807) is 49.4 Å². The monoisotopic (exact) mass is 471 g/mol. The molecule has 0 aromatic heterocycles. The largest absolute Gasteiger partial charge is 0.378 e. The number of benzene rings is 3. The van der Waals surface area contributed by atoms with Crippen LogP contribution >= 0.6 is 0 Å². The van der Waals surface area contributed by atoms with E-state index in [4.69, 9.17) is 0 Å². The van der Waals surface area contributed by atoms with Crippen LogP contribution in [0.5, 0.6) is 0 Å². The topological polar surface area (TPSA) is 117 Å². The Hall–Kier alpha value is -4.79. The third-order valence-electron chi connectivity index (χ3n) is 5.05. The van der Waals surface area contributed by atoms with Crippen LogP contribution in [0.4, 0.5) is 11.4 Å². The second-order valence-electron chi connectivity index (χ2n) is 7.81. The third-order valence-corrected chi connectivity index (χ3v) is 5.05. The maximum absolute atomic E-state index is 13.0. The molecule has 0 aliphatic heterocycles. The summed E-state index contributed by atoms with van der Waals surface area (Å²) >= 11 is 0. The lowest BCUT2D eigenvalue weighted by molar-refractivity contribution is -0.384. The number of hydrogen-bond donors (Lipinski definition) is 2. The molecule has 9 nitrogen and oxygen atoms in total. The number of hydrazone groups is 1. The Bertz CT molecular complexity index is 1280. The van der Waals surface area contributed by atoms with Gasteiger partial charge in [-0.15, -0.1) is 0 Å². The van der Waals surface area contributed by atoms with Crippen molar-refractivity contribution in [1.82, 2.24) is 10.7 Å². The molecular weight excluding hydrogens is 446 g/mol. The summed E-state index contributed by atoms with van der Waals surface area (Å²) in [5, 5.41) is 17.7. The molecule has 0 fully saturated rings. The van der Waals surface area contributed by atoms with Gasteiger partial charge in [0.1, 0.15) is 5.70 Å². The average molecular weight is 472 g/mol. The fraction of sp³-hybridized carbons (Fsp3) is 0.115. The van der Waals surface area contributed by atoms with Gasteiger partial charge in [-0.05, 0) is 42.8 Å². The zero-order chi connectivity index (χ0) is 25.4. The number of carbonyl (C=O) groups excluding carboxylic acids is 2. The second kappa shape index (κ2) is 11.4. The van der Waals surface area contributed by atoms with Crippen LogP contribution in [0.1, 0.15) is 28.4 Å². The van der Waals surface area contributed by atoms with E-state index in [-0.39, 0.29) is 11.4 Å². The van der Waals surface area contributed by atoms with Gasteiger partial charge in [-0.2, -0.15) is 5.10 Å². The molecule has 0 aliphatic carbocycles. The highest BCUT2D eigenvalue weighted by Crippen LogP contribution is 2.15. The first-order valence-corrected chi connectivity index (χ1v) is 10.7. The summed E-state index contributed by atoms with van der Waals surface area (Å²) in [4.78, 5) is 38.2. The molecule has 0 unspecified atom stereocenters. The van der Waals surface area contributed by atoms with Gasteiger partial charge in [0.05, 0.1) is 10.6 Å². The maximum Gasteiger partial charge on any atom is 0.287 e. The van der Waals surface area contributed by atoms with Gasteiger partial charge >= 0.3 is 0 Å². The number of rotatable bonds is 8. The quantitative estimate of drug-likeness (QED) is 0.223. The van der Waals surface area contributed by atoms with Crippen molar-refractivity contribution in [3.8, 4) is 0 Å². The van der Waals surface area contributed by atoms with Crippen molar-refractivity contribution in [2.24, 2.45) is 5.10 Å². The number of nitrogens with zero attached hydrogens (tertiary/aromatic N) is 3. The molecule has 3 aromatic rings. The fourth-order valence-electron chi connectivity index (χ4n) is 3.08. The van der Waals surface area contributed by atoms with Crippen LogP contribution in [0.15, 0.2) is 89.7 Å². The molecule has 0 spiro atoms. The zero-order valence-corrected chi connectivity index (χ0v) is 19.6. The molecule has 0 heterocycles. The van der Waals surface area contributed by atoms with Gasteiger partial charge in [-0.1, -0.05) is 42.5 Å². The Morgan fingerprint density at radius 3 is 2.23 bits per heavy atom. The predicted octanol–water partition coefficient (Wildman–Crippen LogP) is 3.97. The van der Waals surface area contributed by atoms with Crippen molar-refractivity contribution in [2.45, 2.75) is 6.92 Å². The normalized spacial score (nSPS) is 11.5. The first-order chi connectivity index (χ1) is 16.7. The zero-order valence-electron chi connectivity index (χ0n) is 19.6. The SMILES string of the molecule is C/C(=N\NC(=O)/C(=C/c1ccc(N(C)C)cc1)NC(=O)c1ccccc1)c1cccc([N+](=O)[O-])c1. The van der Waals surface area contributed by atoms with Crippen molar-refractivity contribution in [1.29, 1.82) is 0 Å². The highest BCUT2D eigenvalue weighted by molar-refractivity contribution is 6.06. The summed E-state index contributed by atoms with van der Waals surface area (Å²) in [7, 11) is 3.84. The van der Waals surface area contributed by atoms with E-state index in [2.05, 4.69) is 15.8 Å². The minimum atomic E-state index is -0.643. The van der Waals surface area contributed by atoms with Gasteiger partial charge < -0.3 is 10.2 Å². The third kappa shape index (κ3) is 6.84. The molecule has 9 heteroatoms. The van der Waals surface area contributed by atoms with E-state index in [1.165, 1.54) is 18.2 Å². The van der Waals surface area contributed by atoms with Crippen LogP contribution in [-0.4, -0.2) is 36.5 Å². The van der Waals surface area contributed by atoms with E-state index in [0.29, 0.717) is 22.4 Å². The molecule has 178 valence electrons. The van der Waals surface area contributed by atoms with Gasteiger partial charge in [0.25, 0.3) is 17.5 Å². The Morgan fingerprint density at radius 1 is 0.943 bits per heavy atom. The molecule has 3 aromatic carbocycles. The van der Waals surface area contributed by atoms with Gasteiger partial charge in [0.2, 0.25) is 0 Å². The Balaban J connectivity index is 1.86. The first-order valence-electron chi connectivity index (χ1n) is 10.7. The summed E-state index contributed by atoms with van der Waals surface area (Å²) in [6.07, 6.45) is 1.55. The Morgan fingerprint density at radius 2 is 1.60 bits per heavy atom. The van der Waals surface area contributed by atoms with Gasteiger partial charge in [-0.3, -0.25) is 19.7 Å². The number of carbonyl (C=O) groups is 2. The number of nitro benzene ring substituents is 1. The number of nitro groups is 1. The van der Waals surface area contributed by atoms with Crippen LogP contribution in [0.3, 0.4) is 0 Å². The molecule has 0 aliphatic rings. The van der Waals surface area contributed by atoms with Crippen molar-refractivity contribution >= 4 is 35.0 Å². The lowest BCUT2D eigenvalue weighted by Gasteiger charge is -2.13. The standard InChI is InChI=1S/C26H25N5O4/c1-18(21-10-7-11-23(17-21)31(34)35)28-29-26(33)24(27-25(32)20-8-5-4-6-9-20)16-19-12-14-22(15-13-19)30(2)3/h4-17H,1-3H3,(H,27,32)(H,29,33)/b24-16-,28-18+. The molecule has 2 amide bonds. The minimum absolute atomic E-state index is 0.00736. The highest BCUT2D eigenvalue weighted by Gasteiger charge is 2.15. The summed E-state index contributed by atoms with van der Waals surface area (Å²) in [6.45, 7) is 1.62.